The number of amides is 1. The third kappa shape index (κ3) is 4.09. The van der Waals surface area contributed by atoms with Crippen LogP contribution in [0.15, 0.2) is 30.5 Å². The number of hydrogen-bond acceptors (Lipinski definition) is 4. The monoisotopic (exact) mass is 324 g/mol. The molecule has 1 aromatic heterocycles. The second-order valence-corrected chi connectivity index (χ2v) is 6.44. The zero-order valence-electron chi connectivity index (χ0n) is 11.9. The zero-order chi connectivity index (χ0) is 15.5. The Labute approximate surface area is 132 Å². The molecule has 0 saturated carbocycles. The van der Waals surface area contributed by atoms with E-state index in [4.69, 9.17) is 11.6 Å². The molecular weight excluding hydrogens is 308 g/mol. The van der Waals surface area contributed by atoms with E-state index in [-0.39, 0.29) is 12.5 Å². The van der Waals surface area contributed by atoms with Crippen LogP contribution in [-0.4, -0.2) is 40.2 Å². The van der Waals surface area contributed by atoms with Crippen LogP contribution in [0.1, 0.15) is 17.3 Å². The number of benzene rings is 1. The fraction of sp³-hybridized carbons (Fsp3) is 0.333. The van der Waals surface area contributed by atoms with E-state index in [1.165, 1.54) is 11.8 Å². The molecule has 0 aliphatic rings. The first-order valence-electron chi connectivity index (χ1n) is 6.47. The van der Waals surface area contributed by atoms with Gasteiger partial charge in [-0.15, -0.1) is 0 Å². The number of hydrogen-bond donors (Lipinski definition) is 2. The summed E-state index contributed by atoms with van der Waals surface area (Å²) in [7, 11) is 0. The Morgan fingerprint density at radius 2 is 2.29 bits per heavy atom. The quantitative estimate of drug-likeness (QED) is 0.887. The Morgan fingerprint density at radius 3 is 3.00 bits per heavy atom. The number of nitrogens with zero attached hydrogens (tertiary/aromatic N) is 1. The van der Waals surface area contributed by atoms with E-state index in [1.807, 2.05) is 12.3 Å². The molecule has 1 amide bonds. The van der Waals surface area contributed by atoms with E-state index in [0.717, 1.165) is 5.39 Å². The molecule has 21 heavy (non-hydrogen) atoms. The standard InChI is InChI=1S/C15H17ClN2O2S/c1-15(20,9-21-2)8-18-14(19)12-7-11(16)6-10-4-3-5-17-13(10)12/h3-7,20H,8-9H2,1-2H3,(H,18,19). The summed E-state index contributed by atoms with van der Waals surface area (Å²) in [5.74, 6) is 0.254. The van der Waals surface area contributed by atoms with Crippen molar-refractivity contribution in [3.05, 3.63) is 41.0 Å². The minimum absolute atomic E-state index is 0.174. The number of thioether (sulfide) groups is 1. The molecule has 0 saturated heterocycles. The number of rotatable bonds is 5. The number of nitrogens with one attached hydrogen (secondary N) is 1. The smallest absolute Gasteiger partial charge is 0.253 e. The van der Waals surface area contributed by atoms with Crippen molar-refractivity contribution in [2.45, 2.75) is 12.5 Å². The van der Waals surface area contributed by atoms with Gasteiger partial charge in [-0.2, -0.15) is 11.8 Å². The van der Waals surface area contributed by atoms with E-state index < -0.39 is 5.60 Å². The highest BCUT2D eigenvalue weighted by molar-refractivity contribution is 7.98. The number of aliphatic hydroxyl groups is 1. The number of fused-ring (bicyclic) bond motifs is 1. The van der Waals surface area contributed by atoms with Crippen LogP contribution in [0, 0.1) is 0 Å². The molecule has 0 bridgehead atoms. The van der Waals surface area contributed by atoms with Crippen LogP contribution in [0.25, 0.3) is 10.9 Å². The van der Waals surface area contributed by atoms with Crippen molar-refractivity contribution >= 4 is 40.2 Å². The van der Waals surface area contributed by atoms with Crippen LogP contribution in [0.5, 0.6) is 0 Å². The van der Waals surface area contributed by atoms with Crippen molar-refractivity contribution in [1.82, 2.24) is 10.3 Å². The van der Waals surface area contributed by atoms with Crippen LogP contribution >= 0.6 is 23.4 Å². The van der Waals surface area contributed by atoms with Gasteiger partial charge in [0.15, 0.2) is 0 Å². The van der Waals surface area contributed by atoms with Crippen LogP contribution in [0.2, 0.25) is 5.02 Å². The van der Waals surface area contributed by atoms with Crippen molar-refractivity contribution in [2.24, 2.45) is 0 Å². The summed E-state index contributed by atoms with van der Waals surface area (Å²) >= 11 is 7.57. The lowest BCUT2D eigenvalue weighted by Gasteiger charge is -2.22. The van der Waals surface area contributed by atoms with Crippen molar-refractivity contribution in [3.63, 3.8) is 0 Å². The first-order valence-corrected chi connectivity index (χ1v) is 8.24. The lowest BCUT2D eigenvalue weighted by Crippen LogP contribution is -2.42. The molecule has 1 atom stereocenters. The number of halogens is 1. The lowest BCUT2D eigenvalue weighted by atomic mass is 10.1. The maximum absolute atomic E-state index is 12.3. The predicted molar refractivity (Wildman–Crippen MR) is 88.1 cm³/mol. The Bertz CT molecular complexity index is 661. The van der Waals surface area contributed by atoms with Gasteiger partial charge in [0.25, 0.3) is 5.91 Å². The molecule has 112 valence electrons. The van der Waals surface area contributed by atoms with E-state index in [9.17, 15) is 9.90 Å². The molecule has 1 unspecified atom stereocenters. The Balaban J connectivity index is 2.24. The predicted octanol–water partition coefficient (Wildman–Crippen LogP) is 2.73. The molecule has 0 spiro atoms. The normalized spacial score (nSPS) is 13.9. The van der Waals surface area contributed by atoms with Crippen molar-refractivity contribution in [2.75, 3.05) is 18.6 Å². The van der Waals surface area contributed by atoms with Gasteiger partial charge in [0, 0.05) is 28.9 Å². The number of carbonyl (C=O) groups is 1. The second-order valence-electron chi connectivity index (χ2n) is 5.14. The molecule has 2 N–H and O–H groups in total. The maximum atomic E-state index is 12.3. The molecule has 1 heterocycles. The first kappa shape index (κ1) is 16.1. The molecule has 0 fully saturated rings. The fourth-order valence-corrected chi connectivity index (χ4v) is 3.01. The maximum Gasteiger partial charge on any atom is 0.253 e. The third-order valence-electron chi connectivity index (χ3n) is 3.00. The lowest BCUT2D eigenvalue weighted by molar-refractivity contribution is 0.0726. The summed E-state index contributed by atoms with van der Waals surface area (Å²) in [5, 5.41) is 14.1. The topological polar surface area (TPSA) is 62.2 Å². The van der Waals surface area contributed by atoms with E-state index in [1.54, 1.807) is 31.3 Å². The molecule has 2 aromatic rings. The van der Waals surface area contributed by atoms with Crippen molar-refractivity contribution in [3.8, 4) is 0 Å². The molecule has 0 radical (unpaired) electrons. The number of pyridine rings is 1. The second kappa shape index (κ2) is 6.64. The molecule has 0 aliphatic carbocycles. The SMILES string of the molecule is CSCC(C)(O)CNC(=O)c1cc(Cl)cc2cccnc12. The summed E-state index contributed by atoms with van der Waals surface area (Å²) in [6.07, 6.45) is 3.54. The molecular formula is C15H17ClN2O2S. The highest BCUT2D eigenvalue weighted by Gasteiger charge is 2.21. The molecule has 0 aliphatic heterocycles. The Kier molecular flexibility index (Phi) is 5.08. The molecule has 1 aromatic carbocycles. The zero-order valence-corrected chi connectivity index (χ0v) is 13.5. The van der Waals surface area contributed by atoms with E-state index in [2.05, 4.69) is 10.3 Å². The molecule has 2 rings (SSSR count). The third-order valence-corrected chi connectivity index (χ3v) is 4.13. The van der Waals surface area contributed by atoms with Gasteiger partial charge >= 0.3 is 0 Å². The van der Waals surface area contributed by atoms with Gasteiger partial charge in [-0.25, -0.2) is 0 Å². The summed E-state index contributed by atoms with van der Waals surface area (Å²) in [4.78, 5) is 16.6. The average molecular weight is 325 g/mol. The number of aromatic nitrogens is 1. The minimum Gasteiger partial charge on any atom is -0.387 e. The van der Waals surface area contributed by atoms with Gasteiger partial charge in [-0.1, -0.05) is 17.7 Å². The molecule has 6 heteroatoms. The van der Waals surface area contributed by atoms with Gasteiger partial charge in [-0.3, -0.25) is 9.78 Å². The number of carbonyl (C=O) groups excluding carboxylic acids is 1. The van der Waals surface area contributed by atoms with Gasteiger partial charge in [0.05, 0.1) is 16.7 Å². The summed E-state index contributed by atoms with van der Waals surface area (Å²) in [6, 6.07) is 7.01. The summed E-state index contributed by atoms with van der Waals surface area (Å²) in [5.41, 5.74) is 0.0682. The van der Waals surface area contributed by atoms with E-state index in [0.29, 0.717) is 21.9 Å². The Hall–Kier alpha value is -1.30. The largest absolute Gasteiger partial charge is 0.387 e. The Morgan fingerprint density at radius 1 is 1.52 bits per heavy atom. The van der Waals surface area contributed by atoms with Crippen LogP contribution in [0.3, 0.4) is 0 Å². The van der Waals surface area contributed by atoms with Crippen LogP contribution < -0.4 is 5.32 Å². The summed E-state index contributed by atoms with van der Waals surface area (Å²) in [6.45, 7) is 1.87. The van der Waals surface area contributed by atoms with Crippen molar-refractivity contribution < 1.29 is 9.90 Å². The van der Waals surface area contributed by atoms with Crippen LogP contribution in [-0.2, 0) is 0 Å². The molecule has 4 nitrogen and oxygen atoms in total. The average Bonchev–Trinajstić information content (AvgIpc) is 2.44. The van der Waals surface area contributed by atoms with Gasteiger partial charge < -0.3 is 10.4 Å². The minimum atomic E-state index is -0.948. The van der Waals surface area contributed by atoms with Crippen LogP contribution in [0.4, 0.5) is 0 Å². The van der Waals surface area contributed by atoms with Crippen molar-refractivity contribution in [1.29, 1.82) is 0 Å². The van der Waals surface area contributed by atoms with Gasteiger partial charge in [0.1, 0.15) is 0 Å². The van der Waals surface area contributed by atoms with Gasteiger partial charge in [-0.05, 0) is 31.4 Å². The highest BCUT2D eigenvalue weighted by Crippen LogP contribution is 2.22. The highest BCUT2D eigenvalue weighted by atomic mass is 35.5. The van der Waals surface area contributed by atoms with Gasteiger partial charge in [0.2, 0.25) is 0 Å². The van der Waals surface area contributed by atoms with E-state index >= 15 is 0 Å². The fourth-order valence-electron chi connectivity index (χ4n) is 2.06. The first-order chi connectivity index (χ1) is 9.93. The summed E-state index contributed by atoms with van der Waals surface area (Å²) < 4.78 is 0.